The van der Waals surface area contributed by atoms with Crippen LogP contribution in [0.5, 0.6) is 0 Å². The van der Waals surface area contributed by atoms with E-state index in [0.29, 0.717) is 9.90 Å². The van der Waals surface area contributed by atoms with Gasteiger partial charge in [-0.1, -0.05) is 35.9 Å². The lowest BCUT2D eigenvalue weighted by molar-refractivity contribution is 0.0634. The van der Waals surface area contributed by atoms with Gasteiger partial charge in [-0.15, -0.1) is 22.7 Å². The molecule has 2 aromatic heterocycles. The summed E-state index contributed by atoms with van der Waals surface area (Å²) in [4.78, 5) is 19.2. The Morgan fingerprint density at radius 3 is 2.58 bits per heavy atom. The van der Waals surface area contributed by atoms with Gasteiger partial charge in [0.25, 0.3) is 5.91 Å². The third-order valence-electron chi connectivity index (χ3n) is 4.35. The molecule has 1 fully saturated rings. The van der Waals surface area contributed by atoms with Crippen molar-refractivity contribution in [3.05, 3.63) is 56.6 Å². The zero-order valence-corrected chi connectivity index (χ0v) is 15.5. The fraction of sp³-hybridized carbons (Fsp3) is 0.278. The molecule has 1 amide bonds. The largest absolute Gasteiger partial charge is 0.335 e. The summed E-state index contributed by atoms with van der Waals surface area (Å²) in [6.45, 7) is 4.31. The standard InChI is InChI=1S/C18H17ClN2OS2/c19-16-14-5-1-2-6-15(14)24-17(16)18(22)21-9-7-20(8-10-21)12-13-4-3-11-23-13/h1-6,11H,7-10,12H2. The number of piperazine rings is 1. The molecule has 0 spiro atoms. The van der Waals surface area contributed by atoms with Crippen molar-refractivity contribution in [3.63, 3.8) is 0 Å². The topological polar surface area (TPSA) is 23.6 Å². The Morgan fingerprint density at radius 1 is 1.08 bits per heavy atom. The fourth-order valence-electron chi connectivity index (χ4n) is 3.03. The molecular weight excluding hydrogens is 360 g/mol. The van der Waals surface area contributed by atoms with E-state index in [0.717, 1.165) is 42.8 Å². The van der Waals surface area contributed by atoms with E-state index in [1.54, 1.807) is 11.3 Å². The summed E-state index contributed by atoms with van der Waals surface area (Å²) in [6.07, 6.45) is 0. The Kier molecular flexibility index (Phi) is 4.59. The van der Waals surface area contributed by atoms with Gasteiger partial charge < -0.3 is 4.90 Å². The van der Waals surface area contributed by atoms with Crippen molar-refractivity contribution in [3.8, 4) is 0 Å². The van der Waals surface area contributed by atoms with Crippen LogP contribution in [0.4, 0.5) is 0 Å². The van der Waals surface area contributed by atoms with Gasteiger partial charge in [-0.05, 0) is 17.5 Å². The van der Waals surface area contributed by atoms with Crippen molar-refractivity contribution in [1.82, 2.24) is 9.80 Å². The molecule has 1 aliphatic heterocycles. The van der Waals surface area contributed by atoms with Gasteiger partial charge in [-0.3, -0.25) is 9.69 Å². The normalized spacial score (nSPS) is 16.0. The Labute approximate surface area is 154 Å². The molecule has 3 aromatic rings. The van der Waals surface area contributed by atoms with Crippen LogP contribution in [0.15, 0.2) is 41.8 Å². The van der Waals surface area contributed by atoms with Crippen LogP contribution in [0.3, 0.4) is 0 Å². The van der Waals surface area contributed by atoms with Gasteiger partial charge in [0.15, 0.2) is 0 Å². The Morgan fingerprint density at radius 2 is 1.88 bits per heavy atom. The first kappa shape index (κ1) is 16.1. The van der Waals surface area contributed by atoms with Gasteiger partial charge in [0.2, 0.25) is 0 Å². The third-order valence-corrected chi connectivity index (χ3v) is 6.87. The maximum absolute atomic E-state index is 12.8. The van der Waals surface area contributed by atoms with Gasteiger partial charge in [0.1, 0.15) is 4.88 Å². The molecule has 1 saturated heterocycles. The summed E-state index contributed by atoms with van der Waals surface area (Å²) in [5.74, 6) is 0.0666. The molecule has 0 saturated carbocycles. The molecule has 0 bridgehead atoms. The summed E-state index contributed by atoms with van der Waals surface area (Å²) < 4.78 is 1.07. The monoisotopic (exact) mass is 376 g/mol. The molecule has 4 rings (SSSR count). The van der Waals surface area contributed by atoms with Crippen LogP contribution in [0.2, 0.25) is 5.02 Å². The van der Waals surface area contributed by atoms with Crippen LogP contribution in [0.1, 0.15) is 14.5 Å². The second kappa shape index (κ2) is 6.84. The molecular formula is C18H17ClN2OS2. The number of thiophene rings is 2. The fourth-order valence-corrected chi connectivity index (χ4v) is 5.25. The van der Waals surface area contributed by atoms with Gasteiger partial charge in [0.05, 0.1) is 5.02 Å². The van der Waals surface area contributed by atoms with Gasteiger partial charge >= 0.3 is 0 Å². The number of benzene rings is 1. The Balaban J connectivity index is 1.45. The van der Waals surface area contributed by atoms with Crippen molar-refractivity contribution < 1.29 is 4.79 Å². The second-order valence-corrected chi connectivity index (χ2v) is 8.35. The molecule has 124 valence electrons. The molecule has 0 atom stereocenters. The number of hydrogen-bond donors (Lipinski definition) is 0. The minimum Gasteiger partial charge on any atom is -0.335 e. The second-order valence-electron chi connectivity index (χ2n) is 5.89. The van der Waals surface area contributed by atoms with Gasteiger partial charge in [-0.25, -0.2) is 0 Å². The van der Waals surface area contributed by atoms with E-state index in [4.69, 9.17) is 11.6 Å². The van der Waals surface area contributed by atoms with Crippen molar-refractivity contribution in [2.75, 3.05) is 26.2 Å². The highest BCUT2D eigenvalue weighted by Gasteiger charge is 2.26. The molecule has 3 heterocycles. The SMILES string of the molecule is O=C(c1sc2ccccc2c1Cl)N1CCN(Cc2cccs2)CC1. The first-order chi connectivity index (χ1) is 11.7. The number of amides is 1. The van der Waals surface area contributed by atoms with Crippen molar-refractivity contribution >= 4 is 50.3 Å². The smallest absolute Gasteiger partial charge is 0.265 e. The molecule has 24 heavy (non-hydrogen) atoms. The summed E-state index contributed by atoms with van der Waals surface area (Å²) in [6, 6.07) is 12.2. The average molecular weight is 377 g/mol. The van der Waals surface area contributed by atoms with E-state index in [2.05, 4.69) is 22.4 Å². The van der Waals surface area contributed by atoms with Crippen LogP contribution < -0.4 is 0 Å². The van der Waals surface area contributed by atoms with Gasteiger partial charge in [-0.2, -0.15) is 0 Å². The Bertz CT molecular complexity index is 851. The summed E-state index contributed by atoms with van der Waals surface area (Å²) in [5, 5.41) is 3.68. The first-order valence-corrected chi connectivity index (χ1v) is 10.0. The molecule has 6 heteroatoms. The van der Waals surface area contributed by atoms with E-state index in [1.165, 1.54) is 16.2 Å². The lowest BCUT2D eigenvalue weighted by atomic mass is 10.2. The van der Waals surface area contributed by atoms with Crippen molar-refractivity contribution in [2.24, 2.45) is 0 Å². The van der Waals surface area contributed by atoms with Crippen molar-refractivity contribution in [1.29, 1.82) is 0 Å². The first-order valence-electron chi connectivity index (χ1n) is 7.93. The molecule has 0 aliphatic carbocycles. The van der Waals surface area contributed by atoms with E-state index in [1.807, 2.05) is 29.2 Å². The van der Waals surface area contributed by atoms with Crippen LogP contribution in [0, 0.1) is 0 Å². The zero-order valence-electron chi connectivity index (χ0n) is 13.1. The minimum absolute atomic E-state index is 0.0666. The summed E-state index contributed by atoms with van der Waals surface area (Å²) >= 11 is 9.73. The molecule has 0 radical (unpaired) electrons. The maximum atomic E-state index is 12.8. The highest BCUT2D eigenvalue weighted by Crippen LogP contribution is 2.36. The lowest BCUT2D eigenvalue weighted by Crippen LogP contribution is -2.48. The summed E-state index contributed by atoms with van der Waals surface area (Å²) in [7, 11) is 0. The molecule has 0 N–H and O–H groups in total. The van der Waals surface area contributed by atoms with Gasteiger partial charge in [0, 0.05) is 47.7 Å². The molecule has 1 aliphatic rings. The number of nitrogens with zero attached hydrogens (tertiary/aromatic N) is 2. The van der Waals surface area contributed by atoms with E-state index in [-0.39, 0.29) is 5.91 Å². The molecule has 1 aromatic carbocycles. The Hall–Kier alpha value is -1.40. The number of carbonyl (C=O) groups is 1. The number of hydrogen-bond acceptors (Lipinski definition) is 4. The quantitative estimate of drug-likeness (QED) is 0.668. The predicted molar refractivity (Wildman–Crippen MR) is 102 cm³/mol. The number of rotatable bonds is 3. The van der Waals surface area contributed by atoms with E-state index >= 15 is 0 Å². The molecule has 0 unspecified atom stereocenters. The van der Waals surface area contributed by atoms with Crippen LogP contribution in [-0.4, -0.2) is 41.9 Å². The zero-order chi connectivity index (χ0) is 16.5. The third kappa shape index (κ3) is 3.09. The summed E-state index contributed by atoms with van der Waals surface area (Å²) in [5.41, 5.74) is 0. The van der Waals surface area contributed by atoms with Crippen LogP contribution in [-0.2, 0) is 6.54 Å². The minimum atomic E-state index is 0.0666. The highest BCUT2D eigenvalue weighted by atomic mass is 35.5. The van der Waals surface area contributed by atoms with Crippen LogP contribution in [0.25, 0.3) is 10.1 Å². The molecule has 3 nitrogen and oxygen atoms in total. The number of halogens is 1. The predicted octanol–water partition coefficient (Wildman–Crippen LogP) is 4.57. The number of carbonyl (C=O) groups excluding carboxylic acids is 1. The van der Waals surface area contributed by atoms with E-state index in [9.17, 15) is 4.79 Å². The van der Waals surface area contributed by atoms with Crippen LogP contribution >= 0.6 is 34.3 Å². The lowest BCUT2D eigenvalue weighted by Gasteiger charge is -2.34. The maximum Gasteiger partial charge on any atom is 0.265 e. The highest BCUT2D eigenvalue weighted by molar-refractivity contribution is 7.21. The number of fused-ring (bicyclic) bond motifs is 1. The average Bonchev–Trinajstić information content (AvgIpc) is 3.23. The van der Waals surface area contributed by atoms with Crippen molar-refractivity contribution in [2.45, 2.75) is 6.54 Å². The van der Waals surface area contributed by atoms with E-state index < -0.39 is 0 Å².